The molecular formula is C23H24N4O2S2. The van der Waals surface area contributed by atoms with Gasteiger partial charge in [-0.3, -0.25) is 9.59 Å². The van der Waals surface area contributed by atoms with Crippen molar-refractivity contribution in [3.05, 3.63) is 70.2 Å². The first-order valence-corrected chi connectivity index (χ1v) is 12.1. The van der Waals surface area contributed by atoms with Crippen molar-refractivity contribution >= 4 is 45.7 Å². The summed E-state index contributed by atoms with van der Waals surface area (Å²) in [5.74, 6) is 1.04. The van der Waals surface area contributed by atoms with Gasteiger partial charge in [-0.25, -0.2) is 0 Å². The minimum absolute atomic E-state index is 0.0256. The number of rotatable bonds is 7. The van der Waals surface area contributed by atoms with Crippen molar-refractivity contribution in [2.45, 2.75) is 31.8 Å². The van der Waals surface area contributed by atoms with E-state index in [1.165, 1.54) is 16.9 Å². The first-order chi connectivity index (χ1) is 15.0. The molecule has 0 spiro atoms. The smallest absolute Gasteiger partial charge is 0.231 e. The fourth-order valence-electron chi connectivity index (χ4n) is 3.62. The number of aromatic nitrogens is 2. The number of carbonyl (C=O) groups is 2. The van der Waals surface area contributed by atoms with Crippen LogP contribution in [0.5, 0.6) is 0 Å². The van der Waals surface area contributed by atoms with E-state index in [1.807, 2.05) is 44.2 Å². The fourth-order valence-corrected chi connectivity index (χ4v) is 5.41. The van der Waals surface area contributed by atoms with E-state index >= 15 is 0 Å². The lowest BCUT2D eigenvalue weighted by Crippen LogP contribution is -2.28. The predicted molar refractivity (Wildman–Crippen MR) is 126 cm³/mol. The van der Waals surface area contributed by atoms with E-state index in [-0.39, 0.29) is 18.2 Å². The summed E-state index contributed by atoms with van der Waals surface area (Å²) in [4.78, 5) is 27.0. The van der Waals surface area contributed by atoms with E-state index in [9.17, 15) is 9.59 Å². The van der Waals surface area contributed by atoms with Crippen LogP contribution in [-0.2, 0) is 21.1 Å². The number of amides is 2. The largest absolute Gasteiger partial charge is 0.311 e. The molecule has 8 heteroatoms. The van der Waals surface area contributed by atoms with Crippen LogP contribution in [-0.4, -0.2) is 28.6 Å². The second-order valence-corrected chi connectivity index (χ2v) is 9.71. The summed E-state index contributed by atoms with van der Waals surface area (Å²) in [6.07, 6.45) is 0.206. The van der Waals surface area contributed by atoms with E-state index in [0.717, 1.165) is 33.3 Å². The summed E-state index contributed by atoms with van der Waals surface area (Å²) in [6.45, 7) is 4.39. The molecule has 31 heavy (non-hydrogen) atoms. The first-order valence-electron chi connectivity index (χ1n) is 10.1. The Morgan fingerprint density at radius 2 is 1.97 bits per heavy atom. The van der Waals surface area contributed by atoms with Crippen molar-refractivity contribution in [1.29, 1.82) is 0 Å². The van der Waals surface area contributed by atoms with Gasteiger partial charge in [0, 0.05) is 30.2 Å². The zero-order valence-electron chi connectivity index (χ0n) is 17.5. The lowest BCUT2D eigenvalue weighted by atomic mass is 10.1. The monoisotopic (exact) mass is 452 g/mol. The van der Waals surface area contributed by atoms with Crippen LogP contribution in [0, 0.1) is 19.8 Å². The summed E-state index contributed by atoms with van der Waals surface area (Å²) < 4.78 is 0. The maximum Gasteiger partial charge on any atom is 0.231 e. The minimum atomic E-state index is -0.395. The normalized spacial score (nSPS) is 16.0. The van der Waals surface area contributed by atoms with Gasteiger partial charge in [-0.05, 0) is 31.0 Å². The van der Waals surface area contributed by atoms with Crippen LogP contribution in [0.1, 0.15) is 28.1 Å². The molecule has 4 rings (SSSR count). The molecule has 0 radical (unpaired) electrons. The summed E-state index contributed by atoms with van der Waals surface area (Å²) in [6, 6.07) is 16.3. The van der Waals surface area contributed by atoms with E-state index in [2.05, 4.69) is 33.7 Å². The van der Waals surface area contributed by atoms with Crippen LogP contribution in [0.4, 0.5) is 10.8 Å². The van der Waals surface area contributed by atoms with Crippen LogP contribution < -0.4 is 10.2 Å². The number of anilines is 2. The molecule has 0 saturated carbocycles. The molecule has 1 aromatic heterocycles. The second kappa shape index (κ2) is 9.62. The van der Waals surface area contributed by atoms with Gasteiger partial charge in [-0.1, -0.05) is 59.4 Å². The maximum absolute atomic E-state index is 12.7. The van der Waals surface area contributed by atoms with Crippen LogP contribution in [0.2, 0.25) is 0 Å². The third-order valence-corrected chi connectivity index (χ3v) is 7.21. The molecule has 1 aliphatic rings. The highest BCUT2D eigenvalue weighted by atomic mass is 32.2. The molecule has 1 N–H and O–H groups in total. The molecule has 0 aliphatic carbocycles. The van der Waals surface area contributed by atoms with Crippen molar-refractivity contribution in [1.82, 2.24) is 10.2 Å². The third kappa shape index (κ3) is 5.32. The van der Waals surface area contributed by atoms with Gasteiger partial charge < -0.3 is 10.2 Å². The van der Waals surface area contributed by atoms with Crippen molar-refractivity contribution in [3.8, 4) is 0 Å². The Morgan fingerprint density at radius 1 is 1.16 bits per heavy atom. The molecule has 6 nitrogen and oxygen atoms in total. The highest BCUT2D eigenvalue weighted by Crippen LogP contribution is 2.30. The zero-order chi connectivity index (χ0) is 21.8. The summed E-state index contributed by atoms with van der Waals surface area (Å²) >= 11 is 3.14. The SMILES string of the molecule is Cc1ccc(N2CC(C(=O)Nc3nnc(CSCc4ccccc4)s3)CC2=O)c(C)c1. The van der Waals surface area contributed by atoms with Crippen molar-refractivity contribution in [2.24, 2.45) is 5.92 Å². The molecule has 0 bridgehead atoms. The predicted octanol–water partition coefficient (Wildman–Crippen LogP) is 4.58. The average Bonchev–Trinajstić information content (AvgIpc) is 3.35. The summed E-state index contributed by atoms with van der Waals surface area (Å²) in [5, 5.41) is 12.5. The van der Waals surface area contributed by atoms with Crippen LogP contribution in [0.3, 0.4) is 0 Å². The minimum Gasteiger partial charge on any atom is -0.311 e. The standard InChI is InChI=1S/C23H24N4O2S2/c1-15-8-9-19(16(2)10-15)27-12-18(11-21(27)28)22(29)24-23-26-25-20(31-23)14-30-13-17-6-4-3-5-7-17/h3-10,18H,11-14H2,1-2H3,(H,24,26,29). The van der Waals surface area contributed by atoms with Gasteiger partial charge in [0.25, 0.3) is 0 Å². The van der Waals surface area contributed by atoms with Crippen molar-refractivity contribution in [3.63, 3.8) is 0 Å². The zero-order valence-corrected chi connectivity index (χ0v) is 19.1. The molecule has 1 atom stereocenters. The number of hydrogen-bond acceptors (Lipinski definition) is 6. The summed E-state index contributed by atoms with van der Waals surface area (Å²) in [7, 11) is 0. The van der Waals surface area contributed by atoms with Gasteiger partial charge in [-0.15, -0.1) is 22.0 Å². The van der Waals surface area contributed by atoms with Gasteiger partial charge in [-0.2, -0.15) is 0 Å². The Balaban J connectivity index is 1.31. The molecule has 1 unspecified atom stereocenters. The number of nitrogens with zero attached hydrogens (tertiary/aromatic N) is 3. The second-order valence-electron chi connectivity index (χ2n) is 7.66. The Bertz CT molecular complexity index is 1080. The lowest BCUT2D eigenvalue weighted by molar-refractivity contribution is -0.122. The van der Waals surface area contributed by atoms with Crippen molar-refractivity contribution < 1.29 is 9.59 Å². The molecule has 2 aromatic carbocycles. The van der Waals surface area contributed by atoms with Crippen LogP contribution in [0.15, 0.2) is 48.5 Å². The topological polar surface area (TPSA) is 75.2 Å². The van der Waals surface area contributed by atoms with Gasteiger partial charge in [0.2, 0.25) is 16.9 Å². The molecular weight excluding hydrogens is 428 g/mol. The van der Waals surface area contributed by atoms with Gasteiger partial charge in [0.15, 0.2) is 0 Å². The van der Waals surface area contributed by atoms with Gasteiger partial charge >= 0.3 is 0 Å². The highest BCUT2D eigenvalue weighted by Gasteiger charge is 2.36. The van der Waals surface area contributed by atoms with E-state index in [1.54, 1.807) is 16.7 Å². The average molecular weight is 453 g/mol. The van der Waals surface area contributed by atoms with E-state index < -0.39 is 5.92 Å². The number of nitrogens with one attached hydrogen (secondary N) is 1. The maximum atomic E-state index is 12.7. The van der Waals surface area contributed by atoms with Crippen LogP contribution in [0.25, 0.3) is 0 Å². The molecule has 160 valence electrons. The molecule has 3 aromatic rings. The van der Waals surface area contributed by atoms with Gasteiger partial charge in [0.05, 0.1) is 5.92 Å². The number of hydrogen-bond donors (Lipinski definition) is 1. The summed E-state index contributed by atoms with van der Waals surface area (Å²) in [5.41, 5.74) is 4.33. The molecule has 1 fully saturated rings. The van der Waals surface area contributed by atoms with Gasteiger partial charge in [0.1, 0.15) is 5.01 Å². The first kappa shape index (κ1) is 21.5. The number of benzene rings is 2. The molecule has 1 aliphatic heterocycles. The van der Waals surface area contributed by atoms with Crippen LogP contribution >= 0.6 is 23.1 Å². The Kier molecular flexibility index (Phi) is 6.67. The Hall–Kier alpha value is -2.71. The van der Waals surface area contributed by atoms with E-state index in [0.29, 0.717) is 11.7 Å². The molecule has 1 saturated heterocycles. The number of carbonyl (C=O) groups excluding carboxylic acids is 2. The molecule has 2 heterocycles. The third-order valence-electron chi connectivity index (χ3n) is 5.17. The number of thioether (sulfide) groups is 1. The van der Waals surface area contributed by atoms with Crippen molar-refractivity contribution in [2.75, 3.05) is 16.8 Å². The Labute approximate surface area is 190 Å². The molecule has 2 amide bonds. The highest BCUT2D eigenvalue weighted by molar-refractivity contribution is 7.97. The fraction of sp³-hybridized carbons (Fsp3) is 0.304. The quantitative estimate of drug-likeness (QED) is 0.568. The lowest BCUT2D eigenvalue weighted by Gasteiger charge is -2.19. The van der Waals surface area contributed by atoms with E-state index in [4.69, 9.17) is 0 Å². The Morgan fingerprint density at radius 3 is 2.74 bits per heavy atom. The number of aryl methyl sites for hydroxylation is 2.